The highest BCUT2D eigenvalue weighted by Crippen LogP contribution is 2.44. The molecule has 0 radical (unpaired) electrons. The van der Waals surface area contributed by atoms with Gasteiger partial charge in [0.1, 0.15) is 0 Å². The summed E-state index contributed by atoms with van der Waals surface area (Å²) in [5.41, 5.74) is 1.52. The van der Waals surface area contributed by atoms with Crippen molar-refractivity contribution in [2.75, 3.05) is 7.11 Å². The second kappa shape index (κ2) is 5.40. The lowest BCUT2D eigenvalue weighted by atomic mass is 10.1. The maximum atomic E-state index is 12.5. The third-order valence-electron chi connectivity index (χ3n) is 3.65. The van der Waals surface area contributed by atoms with E-state index in [4.69, 9.17) is 4.74 Å². The molecule has 3 rings (SSSR count). The van der Waals surface area contributed by atoms with E-state index in [-0.39, 0.29) is 17.9 Å². The van der Waals surface area contributed by atoms with Gasteiger partial charge in [-0.25, -0.2) is 4.79 Å². The molecule has 0 aliphatic carbocycles. The molecule has 0 aromatic heterocycles. The zero-order valence-electron chi connectivity index (χ0n) is 11.6. The number of hydrogen-bond donors (Lipinski definition) is 0. The zero-order chi connectivity index (χ0) is 14.8. The number of nitrogens with zero attached hydrogens (tertiary/aromatic N) is 1. The van der Waals surface area contributed by atoms with Crippen LogP contribution >= 0.6 is 0 Å². The number of hydrogen-bond acceptors (Lipinski definition) is 3. The second-order valence-electron chi connectivity index (χ2n) is 4.90. The van der Waals surface area contributed by atoms with Crippen LogP contribution in [0.3, 0.4) is 0 Å². The first kappa shape index (κ1) is 13.4. The summed E-state index contributed by atoms with van der Waals surface area (Å²) in [7, 11) is 1.34. The molecular formula is C17H15NO3. The van der Waals surface area contributed by atoms with Gasteiger partial charge in [0.15, 0.2) is 6.04 Å². The molecule has 4 nitrogen and oxygen atoms in total. The normalized spacial score (nSPS) is 20.0. The Balaban J connectivity index is 1.90. The lowest BCUT2D eigenvalue weighted by Gasteiger charge is -2.04. The van der Waals surface area contributed by atoms with Crippen LogP contribution in [-0.4, -0.2) is 29.9 Å². The lowest BCUT2D eigenvalue weighted by Crippen LogP contribution is -2.19. The lowest BCUT2D eigenvalue weighted by molar-refractivity contribution is -0.140. The average molecular weight is 281 g/mol. The van der Waals surface area contributed by atoms with Crippen molar-refractivity contribution >= 4 is 11.9 Å². The Morgan fingerprint density at radius 1 is 0.952 bits per heavy atom. The predicted octanol–water partition coefficient (Wildman–Crippen LogP) is 2.43. The number of esters is 1. The van der Waals surface area contributed by atoms with E-state index >= 15 is 0 Å². The first-order valence-electron chi connectivity index (χ1n) is 6.74. The van der Waals surface area contributed by atoms with Gasteiger partial charge >= 0.3 is 5.97 Å². The van der Waals surface area contributed by atoms with Gasteiger partial charge in [-0.3, -0.25) is 4.79 Å². The minimum absolute atomic E-state index is 0.153. The number of benzene rings is 2. The summed E-state index contributed by atoms with van der Waals surface area (Å²) in [6.07, 6.45) is 0. The molecule has 1 heterocycles. The Morgan fingerprint density at radius 2 is 1.52 bits per heavy atom. The molecule has 1 amide bonds. The minimum Gasteiger partial charge on any atom is -0.467 e. The molecule has 106 valence electrons. The van der Waals surface area contributed by atoms with Crippen LogP contribution in [0, 0.1) is 0 Å². The summed E-state index contributed by atoms with van der Waals surface area (Å²) in [5.74, 6) is -0.534. The second-order valence-corrected chi connectivity index (χ2v) is 4.90. The molecule has 1 aliphatic rings. The fraction of sp³-hybridized carbons (Fsp3) is 0.176. The molecule has 0 bridgehead atoms. The van der Waals surface area contributed by atoms with E-state index in [0.29, 0.717) is 5.56 Å². The smallest absolute Gasteiger partial charge is 0.331 e. The Bertz CT molecular complexity index is 654. The topological polar surface area (TPSA) is 46.4 Å². The van der Waals surface area contributed by atoms with E-state index in [1.165, 1.54) is 7.11 Å². The summed E-state index contributed by atoms with van der Waals surface area (Å²) in [5, 5.41) is 0. The van der Waals surface area contributed by atoms with Crippen molar-refractivity contribution in [1.29, 1.82) is 0 Å². The Morgan fingerprint density at radius 3 is 2.10 bits per heavy atom. The molecule has 0 spiro atoms. The monoisotopic (exact) mass is 281 g/mol. The number of amides is 1. The van der Waals surface area contributed by atoms with Gasteiger partial charge in [-0.1, -0.05) is 48.5 Å². The van der Waals surface area contributed by atoms with Crippen molar-refractivity contribution in [1.82, 2.24) is 4.90 Å². The van der Waals surface area contributed by atoms with E-state index < -0.39 is 6.04 Å². The molecule has 0 saturated carbocycles. The molecule has 1 aliphatic heterocycles. The molecule has 21 heavy (non-hydrogen) atoms. The van der Waals surface area contributed by atoms with Gasteiger partial charge in [-0.05, 0) is 17.7 Å². The molecule has 0 N–H and O–H groups in total. The van der Waals surface area contributed by atoms with Gasteiger partial charge in [0, 0.05) is 5.56 Å². The van der Waals surface area contributed by atoms with Gasteiger partial charge in [-0.15, -0.1) is 0 Å². The van der Waals surface area contributed by atoms with E-state index in [9.17, 15) is 9.59 Å². The molecule has 0 unspecified atom stereocenters. The van der Waals surface area contributed by atoms with Gasteiger partial charge in [0.2, 0.25) is 0 Å². The Kier molecular flexibility index (Phi) is 3.44. The highest BCUT2D eigenvalue weighted by Gasteiger charge is 2.57. The maximum absolute atomic E-state index is 12.5. The zero-order valence-corrected chi connectivity index (χ0v) is 11.6. The summed E-state index contributed by atoms with van der Waals surface area (Å²) in [6.45, 7) is 0. The standard InChI is InChI=1S/C17H15NO3/c1-21-17(20)15-14(12-8-4-2-5-9-12)18(15)16(19)13-10-6-3-7-11-13/h2-11,14-15H,1H3/t14-,15+,18?/m0/s1. The van der Waals surface area contributed by atoms with E-state index in [2.05, 4.69) is 0 Å². The highest BCUT2D eigenvalue weighted by atomic mass is 16.5. The van der Waals surface area contributed by atoms with Crippen LogP contribution in [0.5, 0.6) is 0 Å². The summed E-state index contributed by atoms with van der Waals surface area (Å²) in [6, 6.07) is 17.7. The fourth-order valence-corrected chi connectivity index (χ4v) is 2.57. The number of carbonyl (C=O) groups is 2. The van der Waals surface area contributed by atoms with E-state index in [0.717, 1.165) is 5.56 Å². The van der Waals surface area contributed by atoms with Crippen molar-refractivity contribution in [3.05, 3.63) is 71.8 Å². The van der Waals surface area contributed by atoms with Gasteiger partial charge < -0.3 is 9.64 Å². The summed E-state index contributed by atoms with van der Waals surface area (Å²) >= 11 is 0. The maximum Gasteiger partial charge on any atom is 0.331 e. The van der Waals surface area contributed by atoms with Crippen LogP contribution in [0.2, 0.25) is 0 Å². The number of rotatable bonds is 3. The highest BCUT2D eigenvalue weighted by molar-refractivity contribution is 6.01. The van der Waals surface area contributed by atoms with E-state index in [1.807, 2.05) is 36.4 Å². The largest absolute Gasteiger partial charge is 0.467 e. The number of carbonyl (C=O) groups excluding carboxylic acids is 2. The summed E-state index contributed by atoms with van der Waals surface area (Å²) < 4.78 is 4.81. The third-order valence-corrected chi connectivity index (χ3v) is 3.65. The van der Waals surface area contributed by atoms with Crippen molar-refractivity contribution in [2.24, 2.45) is 0 Å². The van der Waals surface area contributed by atoms with Crippen LogP contribution in [0.1, 0.15) is 22.0 Å². The first-order chi connectivity index (χ1) is 10.2. The Labute approximate surface area is 123 Å². The van der Waals surface area contributed by atoms with Crippen LogP contribution in [-0.2, 0) is 9.53 Å². The van der Waals surface area contributed by atoms with Crippen LogP contribution in [0.15, 0.2) is 60.7 Å². The molecular weight excluding hydrogens is 266 g/mol. The summed E-state index contributed by atoms with van der Waals surface area (Å²) in [4.78, 5) is 26.0. The van der Waals surface area contributed by atoms with Crippen molar-refractivity contribution in [3.63, 3.8) is 0 Å². The number of ether oxygens (including phenoxy) is 1. The van der Waals surface area contributed by atoms with Crippen molar-refractivity contribution in [2.45, 2.75) is 12.1 Å². The molecule has 2 aromatic carbocycles. The van der Waals surface area contributed by atoms with E-state index in [1.54, 1.807) is 29.2 Å². The Hall–Kier alpha value is -2.62. The molecule has 4 heteroatoms. The SMILES string of the molecule is COC(=O)[C@H]1[C@H](c2ccccc2)N1C(=O)c1ccccc1. The van der Waals surface area contributed by atoms with Crippen molar-refractivity contribution in [3.8, 4) is 0 Å². The molecule has 1 fully saturated rings. The fourth-order valence-electron chi connectivity index (χ4n) is 2.57. The van der Waals surface area contributed by atoms with Gasteiger partial charge in [-0.2, -0.15) is 0 Å². The van der Waals surface area contributed by atoms with Gasteiger partial charge in [0.05, 0.1) is 13.2 Å². The van der Waals surface area contributed by atoms with Crippen LogP contribution < -0.4 is 0 Å². The quantitative estimate of drug-likeness (QED) is 0.641. The molecule has 2 aromatic rings. The number of methoxy groups -OCH3 is 1. The molecule has 1 saturated heterocycles. The minimum atomic E-state index is -0.537. The molecule has 2 atom stereocenters. The van der Waals surface area contributed by atoms with Gasteiger partial charge in [0.25, 0.3) is 5.91 Å². The predicted molar refractivity (Wildman–Crippen MR) is 77.6 cm³/mol. The van der Waals surface area contributed by atoms with Crippen LogP contribution in [0.25, 0.3) is 0 Å². The first-order valence-corrected chi connectivity index (χ1v) is 6.74. The third kappa shape index (κ3) is 2.40. The average Bonchev–Trinajstić information content (AvgIpc) is 3.30. The van der Waals surface area contributed by atoms with Crippen LogP contribution in [0.4, 0.5) is 0 Å². The van der Waals surface area contributed by atoms with Crippen molar-refractivity contribution < 1.29 is 14.3 Å².